The highest BCUT2D eigenvalue weighted by atomic mass is 16.2. The minimum absolute atomic E-state index is 0.139. The Hall–Kier alpha value is -2.96. The van der Waals surface area contributed by atoms with Crippen LogP contribution in [0.25, 0.3) is 5.69 Å². The topological polar surface area (TPSA) is 77.6 Å². The van der Waals surface area contributed by atoms with Crippen molar-refractivity contribution in [2.75, 3.05) is 0 Å². The van der Waals surface area contributed by atoms with Gasteiger partial charge in [0.2, 0.25) is 0 Å². The number of hydrogen-bond acceptors (Lipinski definition) is 4. The van der Waals surface area contributed by atoms with Crippen LogP contribution in [0.1, 0.15) is 75.2 Å². The van der Waals surface area contributed by atoms with Gasteiger partial charge in [0.05, 0.1) is 17.3 Å². The van der Waals surface area contributed by atoms with Crippen LogP contribution in [0.3, 0.4) is 0 Å². The molecule has 2 aromatic heterocycles. The van der Waals surface area contributed by atoms with Gasteiger partial charge in [0, 0.05) is 5.69 Å². The monoisotopic (exact) mass is 380 g/mol. The molecule has 28 heavy (non-hydrogen) atoms. The molecule has 0 saturated heterocycles. The minimum Gasteiger partial charge on any atom is -0.344 e. The fourth-order valence-electron chi connectivity index (χ4n) is 3.07. The Morgan fingerprint density at radius 2 is 1.79 bits per heavy atom. The third kappa shape index (κ3) is 4.13. The lowest BCUT2D eigenvalue weighted by Gasteiger charge is -2.23. The molecule has 0 fully saturated rings. The molecule has 0 saturated carbocycles. The highest BCUT2D eigenvalue weighted by molar-refractivity contribution is 5.92. The molecule has 7 heteroatoms. The molecule has 3 aromatic rings. The average Bonchev–Trinajstić information content (AvgIpc) is 3.31. The molecule has 0 aliphatic carbocycles. The Morgan fingerprint density at radius 3 is 2.29 bits per heavy atom. The van der Waals surface area contributed by atoms with E-state index >= 15 is 0 Å². The zero-order valence-electron chi connectivity index (χ0n) is 17.3. The van der Waals surface area contributed by atoms with E-state index in [1.54, 1.807) is 11.0 Å². The number of amides is 1. The lowest BCUT2D eigenvalue weighted by Crippen LogP contribution is -2.29. The van der Waals surface area contributed by atoms with Gasteiger partial charge in [-0.2, -0.15) is 10.2 Å². The van der Waals surface area contributed by atoms with Crippen molar-refractivity contribution in [3.8, 4) is 5.69 Å². The summed E-state index contributed by atoms with van der Waals surface area (Å²) in [6.45, 7) is 12.5. The number of rotatable bonds is 5. The molecular weight excluding hydrogens is 352 g/mol. The first-order valence-electron chi connectivity index (χ1n) is 9.53. The third-order valence-corrected chi connectivity index (χ3v) is 4.62. The largest absolute Gasteiger partial charge is 0.344 e. The van der Waals surface area contributed by atoms with Crippen molar-refractivity contribution >= 4 is 5.91 Å². The Bertz CT molecular complexity index is 932. The normalized spacial score (nSPS) is 13.0. The highest BCUT2D eigenvalue weighted by Gasteiger charge is 2.24. The molecule has 1 N–H and O–H groups in total. The van der Waals surface area contributed by atoms with Crippen LogP contribution < -0.4 is 5.32 Å². The second-order valence-electron chi connectivity index (χ2n) is 8.32. The molecule has 0 aliphatic rings. The summed E-state index contributed by atoms with van der Waals surface area (Å²) in [6.07, 6.45) is 3.15. The maximum atomic E-state index is 12.8. The SMILES string of the molecule is CC(C)c1cc(C(=O)NC(C)c2ccc(-n3cncn3)cc2)nn1C(C)(C)C. The number of benzene rings is 1. The molecule has 1 amide bonds. The zero-order valence-corrected chi connectivity index (χ0v) is 17.3. The van der Waals surface area contributed by atoms with Crippen molar-refractivity contribution in [1.29, 1.82) is 0 Å². The summed E-state index contributed by atoms with van der Waals surface area (Å²) >= 11 is 0. The standard InChI is InChI=1S/C21H28N6O/c1-14(2)19-11-18(25-27(19)21(4,5)6)20(28)24-15(3)16-7-9-17(10-8-16)26-13-22-12-23-26/h7-15H,1-6H3,(H,24,28). The molecule has 148 valence electrons. The lowest BCUT2D eigenvalue weighted by atomic mass is 10.1. The van der Waals surface area contributed by atoms with Crippen LogP contribution in [0.2, 0.25) is 0 Å². The van der Waals surface area contributed by atoms with Gasteiger partial charge in [0.25, 0.3) is 5.91 Å². The first kappa shape index (κ1) is 19.8. The van der Waals surface area contributed by atoms with E-state index in [2.05, 4.69) is 55.1 Å². The number of aromatic nitrogens is 5. The first-order valence-corrected chi connectivity index (χ1v) is 9.53. The minimum atomic E-state index is -0.180. The summed E-state index contributed by atoms with van der Waals surface area (Å²) in [5.74, 6) is 0.118. The van der Waals surface area contributed by atoms with Crippen LogP contribution in [0.5, 0.6) is 0 Å². The van der Waals surface area contributed by atoms with E-state index in [1.165, 1.54) is 6.33 Å². The van der Waals surface area contributed by atoms with Crippen LogP contribution in [-0.2, 0) is 5.54 Å². The summed E-state index contributed by atoms with van der Waals surface area (Å²) in [7, 11) is 0. The first-order chi connectivity index (χ1) is 13.2. The van der Waals surface area contributed by atoms with Gasteiger partial charge in [0.1, 0.15) is 18.3 Å². The van der Waals surface area contributed by atoms with Crippen molar-refractivity contribution in [2.24, 2.45) is 0 Å². The fourth-order valence-corrected chi connectivity index (χ4v) is 3.07. The predicted octanol–water partition coefficient (Wildman–Crippen LogP) is 3.83. The Morgan fingerprint density at radius 1 is 1.11 bits per heavy atom. The van der Waals surface area contributed by atoms with Crippen molar-refractivity contribution in [3.05, 3.63) is 59.9 Å². The zero-order chi connectivity index (χ0) is 20.5. The number of nitrogens with zero attached hydrogens (tertiary/aromatic N) is 5. The molecule has 2 heterocycles. The Labute approximate surface area is 165 Å². The van der Waals surface area contributed by atoms with E-state index < -0.39 is 0 Å². The summed E-state index contributed by atoms with van der Waals surface area (Å²) < 4.78 is 3.64. The number of carbonyl (C=O) groups is 1. The van der Waals surface area contributed by atoms with Gasteiger partial charge in [-0.05, 0) is 57.4 Å². The smallest absolute Gasteiger partial charge is 0.272 e. The van der Waals surface area contributed by atoms with Crippen LogP contribution >= 0.6 is 0 Å². The molecular formula is C21H28N6O. The number of hydrogen-bond donors (Lipinski definition) is 1. The molecule has 0 spiro atoms. The summed E-state index contributed by atoms with van der Waals surface area (Å²) in [5, 5.41) is 11.8. The van der Waals surface area contributed by atoms with Gasteiger partial charge >= 0.3 is 0 Å². The van der Waals surface area contributed by atoms with Crippen molar-refractivity contribution in [1.82, 2.24) is 29.9 Å². The van der Waals surface area contributed by atoms with Gasteiger partial charge in [0.15, 0.2) is 0 Å². The van der Waals surface area contributed by atoms with Gasteiger partial charge in [-0.15, -0.1) is 0 Å². The van der Waals surface area contributed by atoms with E-state index in [9.17, 15) is 4.79 Å². The number of nitrogens with one attached hydrogen (secondary N) is 1. The summed E-state index contributed by atoms with van der Waals surface area (Å²) in [4.78, 5) is 16.7. The van der Waals surface area contributed by atoms with Crippen molar-refractivity contribution < 1.29 is 4.79 Å². The third-order valence-electron chi connectivity index (χ3n) is 4.62. The average molecular weight is 380 g/mol. The molecule has 1 unspecified atom stereocenters. The van der Waals surface area contributed by atoms with Crippen molar-refractivity contribution in [3.63, 3.8) is 0 Å². The van der Waals surface area contributed by atoms with E-state index in [0.717, 1.165) is 16.9 Å². The van der Waals surface area contributed by atoms with Crippen molar-refractivity contribution in [2.45, 2.75) is 59.0 Å². The van der Waals surface area contributed by atoms with E-state index in [-0.39, 0.29) is 23.4 Å². The Kier molecular flexibility index (Phi) is 5.36. The molecule has 1 atom stereocenters. The van der Waals surface area contributed by atoms with Crippen LogP contribution in [0.15, 0.2) is 43.0 Å². The fraction of sp³-hybridized carbons (Fsp3) is 0.429. The second kappa shape index (κ2) is 7.58. The molecule has 1 aromatic carbocycles. The molecule has 0 aliphatic heterocycles. The van der Waals surface area contributed by atoms with E-state index in [4.69, 9.17) is 0 Å². The maximum absolute atomic E-state index is 12.8. The van der Waals surface area contributed by atoms with Crippen LogP contribution in [0.4, 0.5) is 0 Å². The Balaban J connectivity index is 1.75. The van der Waals surface area contributed by atoms with Crippen LogP contribution in [-0.4, -0.2) is 30.5 Å². The summed E-state index contributed by atoms with van der Waals surface area (Å²) in [5.41, 5.74) is 3.26. The van der Waals surface area contributed by atoms with Gasteiger partial charge in [-0.3, -0.25) is 9.48 Å². The second-order valence-corrected chi connectivity index (χ2v) is 8.32. The van der Waals surface area contributed by atoms with Crippen LogP contribution in [0, 0.1) is 0 Å². The summed E-state index contributed by atoms with van der Waals surface area (Å²) in [6, 6.07) is 9.63. The van der Waals surface area contributed by atoms with E-state index in [1.807, 2.05) is 41.9 Å². The number of carbonyl (C=O) groups excluding carboxylic acids is 1. The maximum Gasteiger partial charge on any atom is 0.272 e. The lowest BCUT2D eigenvalue weighted by molar-refractivity contribution is 0.0933. The van der Waals surface area contributed by atoms with Gasteiger partial charge < -0.3 is 5.32 Å². The molecule has 0 bridgehead atoms. The van der Waals surface area contributed by atoms with Gasteiger partial charge in [-0.1, -0.05) is 26.0 Å². The quantitative estimate of drug-likeness (QED) is 0.730. The molecule has 3 rings (SSSR count). The molecule has 7 nitrogen and oxygen atoms in total. The predicted molar refractivity (Wildman–Crippen MR) is 109 cm³/mol. The van der Waals surface area contributed by atoms with E-state index in [0.29, 0.717) is 5.69 Å². The van der Waals surface area contributed by atoms with Gasteiger partial charge in [-0.25, -0.2) is 9.67 Å². The highest BCUT2D eigenvalue weighted by Crippen LogP contribution is 2.24. The molecule has 0 radical (unpaired) electrons.